The van der Waals surface area contributed by atoms with E-state index in [1.165, 1.54) is 5.56 Å². The highest BCUT2D eigenvalue weighted by molar-refractivity contribution is 5.84. The minimum Gasteiger partial charge on any atom is -0.444 e. The number of methoxy groups -OCH3 is 1. The van der Waals surface area contributed by atoms with Crippen molar-refractivity contribution < 1.29 is 14.3 Å². The minimum atomic E-state index is -0.499. The van der Waals surface area contributed by atoms with Gasteiger partial charge in [0.2, 0.25) is 0 Å². The van der Waals surface area contributed by atoms with E-state index < -0.39 is 11.7 Å². The lowest BCUT2D eigenvalue weighted by Gasteiger charge is -2.20. The number of hydrogen-bond donors (Lipinski definition) is 2. The van der Waals surface area contributed by atoms with Crippen LogP contribution in [0.1, 0.15) is 46.2 Å². The second kappa shape index (κ2) is 8.89. The number of rotatable bonds is 7. The molecule has 2 N–H and O–H groups in total. The van der Waals surface area contributed by atoms with Gasteiger partial charge in [-0.25, -0.2) is 4.79 Å². The summed E-state index contributed by atoms with van der Waals surface area (Å²) in [5.74, 6) is 0.468. The van der Waals surface area contributed by atoms with Gasteiger partial charge in [-0.3, -0.25) is 5.32 Å². The first kappa shape index (κ1) is 19.5. The Morgan fingerprint density at radius 1 is 1.17 bits per heavy atom. The highest BCUT2D eigenvalue weighted by Crippen LogP contribution is 2.17. The van der Waals surface area contributed by atoms with Crippen molar-refractivity contribution in [3.05, 3.63) is 29.8 Å². The molecule has 23 heavy (non-hydrogen) atoms. The zero-order chi connectivity index (χ0) is 17.5. The first-order valence-corrected chi connectivity index (χ1v) is 8.03. The molecule has 1 aromatic carbocycles. The molecule has 1 aromatic rings. The van der Waals surface area contributed by atoms with Crippen LogP contribution in [0.2, 0.25) is 0 Å². The smallest absolute Gasteiger partial charge is 0.412 e. The largest absolute Gasteiger partial charge is 0.444 e. The Hall–Kier alpha value is -1.59. The lowest BCUT2D eigenvalue weighted by Crippen LogP contribution is -2.27. The average molecular weight is 322 g/mol. The Kier molecular flexibility index (Phi) is 7.52. The SMILES string of the molecule is COCC(C)CNC(C)c1ccc(NC(=O)OC(C)(C)C)cc1. The predicted molar refractivity (Wildman–Crippen MR) is 93.8 cm³/mol. The third kappa shape index (κ3) is 8.00. The minimum absolute atomic E-state index is 0.241. The molecular weight excluding hydrogens is 292 g/mol. The number of anilines is 1. The fourth-order valence-electron chi connectivity index (χ4n) is 2.12. The van der Waals surface area contributed by atoms with Crippen molar-refractivity contribution in [2.75, 3.05) is 25.6 Å². The molecule has 0 fully saturated rings. The van der Waals surface area contributed by atoms with Crippen molar-refractivity contribution in [2.24, 2.45) is 5.92 Å². The van der Waals surface area contributed by atoms with Gasteiger partial charge < -0.3 is 14.8 Å². The van der Waals surface area contributed by atoms with E-state index in [-0.39, 0.29) is 6.04 Å². The van der Waals surface area contributed by atoms with Gasteiger partial charge in [-0.2, -0.15) is 0 Å². The normalized spacial score (nSPS) is 14.2. The van der Waals surface area contributed by atoms with Crippen LogP contribution in [-0.2, 0) is 9.47 Å². The fraction of sp³-hybridized carbons (Fsp3) is 0.611. The molecule has 2 unspecified atom stereocenters. The van der Waals surface area contributed by atoms with Crippen LogP contribution in [0.4, 0.5) is 10.5 Å². The van der Waals surface area contributed by atoms with Crippen molar-refractivity contribution in [3.8, 4) is 0 Å². The van der Waals surface area contributed by atoms with Gasteiger partial charge in [-0.1, -0.05) is 19.1 Å². The van der Waals surface area contributed by atoms with Gasteiger partial charge in [0.15, 0.2) is 0 Å². The zero-order valence-electron chi connectivity index (χ0n) is 15.1. The molecule has 1 rings (SSSR count). The molecule has 5 heteroatoms. The standard InChI is InChI=1S/C18H30N2O3/c1-13(12-22-6)11-19-14(2)15-7-9-16(10-8-15)20-17(21)23-18(3,4)5/h7-10,13-14,19H,11-12H2,1-6H3,(H,20,21). The summed E-state index contributed by atoms with van der Waals surface area (Å²) in [6.45, 7) is 11.4. The first-order chi connectivity index (χ1) is 10.7. The summed E-state index contributed by atoms with van der Waals surface area (Å²) < 4.78 is 10.4. The molecule has 5 nitrogen and oxygen atoms in total. The van der Waals surface area contributed by atoms with E-state index in [0.29, 0.717) is 5.92 Å². The maximum Gasteiger partial charge on any atom is 0.412 e. The molecular formula is C18H30N2O3. The van der Waals surface area contributed by atoms with Crippen LogP contribution in [0.3, 0.4) is 0 Å². The van der Waals surface area contributed by atoms with Gasteiger partial charge in [0.05, 0.1) is 0 Å². The molecule has 0 heterocycles. The Bertz CT molecular complexity index is 480. The summed E-state index contributed by atoms with van der Waals surface area (Å²) in [5, 5.41) is 6.22. The Labute approximate surface area is 139 Å². The topological polar surface area (TPSA) is 59.6 Å². The van der Waals surface area contributed by atoms with E-state index in [1.54, 1.807) is 7.11 Å². The molecule has 130 valence electrons. The van der Waals surface area contributed by atoms with Crippen LogP contribution in [0, 0.1) is 5.92 Å². The number of benzene rings is 1. The molecule has 0 saturated carbocycles. The fourth-order valence-corrected chi connectivity index (χ4v) is 2.12. The summed E-state index contributed by atoms with van der Waals surface area (Å²) in [5.41, 5.74) is 1.40. The zero-order valence-corrected chi connectivity index (χ0v) is 15.1. The maximum absolute atomic E-state index is 11.7. The molecule has 2 atom stereocenters. The summed E-state index contributed by atoms with van der Waals surface area (Å²) in [6, 6.07) is 8.02. The molecule has 0 aromatic heterocycles. The van der Waals surface area contributed by atoms with Gasteiger partial charge in [0.1, 0.15) is 5.60 Å². The molecule has 0 saturated heterocycles. The number of carbonyl (C=O) groups is 1. The summed E-state index contributed by atoms with van der Waals surface area (Å²) >= 11 is 0. The van der Waals surface area contributed by atoms with Gasteiger partial charge >= 0.3 is 6.09 Å². The van der Waals surface area contributed by atoms with Crippen molar-refractivity contribution in [3.63, 3.8) is 0 Å². The van der Waals surface area contributed by atoms with E-state index in [4.69, 9.17) is 9.47 Å². The molecule has 1 amide bonds. The molecule has 0 aliphatic carbocycles. The number of nitrogens with one attached hydrogen (secondary N) is 2. The van der Waals surface area contributed by atoms with E-state index >= 15 is 0 Å². The lowest BCUT2D eigenvalue weighted by molar-refractivity contribution is 0.0636. The number of amides is 1. The van der Waals surface area contributed by atoms with Gasteiger partial charge in [-0.05, 0) is 51.3 Å². The molecule has 0 aliphatic rings. The van der Waals surface area contributed by atoms with Gasteiger partial charge in [0.25, 0.3) is 0 Å². The number of carbonyl (C=O) groups excluding carboxylic acids is 1. The van der Waals surface area contributed by atoms with Crippen LogP contribution in [-0.4, -0.2) is 32.0 Å². The van der Waals surface area contributed by atoms with Crippen molar-refractivity contribution in [2.45, 2.75) is 46.3 Å². The predicted octanol–water partition coefficient (Wildman–Crippen LogP) is 3.97. The second-order valence-corrected chi connectivity index (χ2v) is 6.94. The third-order valence-electron chi connectivity index (χ3n) is 3.28. The van der Waals surface area contributed by atoms with Crippen LogP contribution in [0.5, 0.6) is 0 Å². The Morgan fingerprint density at radius 2 is 1.78 bits per heavy atom. The first-order valence-electron chi connectivity index (χ1n) is 8.03. The highest BCUT2D eigenvalue weighted by atomic mass is 16.6. The van der Waals surface area contributed by atoms with E-state index in [9.17, 15) is 4.79 Å². The molecule has 0 radical (unpaired) electrons. The summed E-state index contributed by atoms with van der Waals surface area (Å²) in [7, 11) is 1.72. The average Bonchev–Trinajstić information content (AvgIpc) is 2.44. The monoisotopic (exact) mass is 322 g/mol. The van der Waals surface area contributed by atoms with E-state index in [0.717, 1.165) is 18.8 Å². The summed E-state index contributed by atoms with van der Waals surface area (Å²) in [6.07, 6.45) is -0.440. The van der Waals surface area contributed by atoms with Crippen molar-refractivity contribution >= 4 is 11.8 Å². The highest BCUT2D eigenvalue weighted by Gasteiger charge is 2.16. The molecule has 0 spiro atoms. The molecule has 0 aliphatic heterocycles. The summed E-state index contributed by atoms with van der Waals surface area (Å²) in [4.78, 5) is 11.7. The molecule has 0 bridgehead atoms. The number of ether oxygens (including phenoxy) is 2. The quantitative estimate of drug-likeness (QED) is 0.797. The van der Waals surface area contributed by atoms with Crippen LogP contribution in [0.25, 0.3) is 0 Å². The second-order valence-electron chi connectivity index (χ2n) is 6.94. The lowest BCUT2D eigenvalue weighted by atomic mass is 10.1. The third-order valence-corrected chi connectivity index (χ3v) is 3.28. The van der Waals surface area contributed by atoms with Gasteiger partial charge in [0, 0.05) is 32.0 Å². The van der Waals surface area contributed by atoms with Gasteiger partial charge in [-0.15, -0.1) is 0 Å². The van der Waals surface area contributed by atoms with Crippen LogP contribution < -0.4 is 10.6 Å². The van der Waals surface area contributed by atoms with E-state index in [1.807, 2.05) is 45.0 Å². The Balaban J connectivity index is 2.50. The van der Waals surface area contributed by atoms with Crippen LogP contribution >= 0.6 is 0 Å². The van der Waals surface area contributed by atoms with Crippen LogP contribution in [0.15, 0.2) is 24.3 Å². The Morgan fingerprint density at radius 3 is 2.30 bits per heavy atom. The van der Waals surface area contributed by atoms with E-state index in [2.05, 4.69) is 24.5 Å². The van der Waals surface area contributed by atoms with Crippen molar-refractivity contribution in [1.82, 2.24) is 5.32 Å². The maximum atomic E-state index is 11.7. The van der Waals surface area contributed by atoms with Crippen molar-refractivity contribution in [1.29, 1.82) is 0 Å². The number of hydrogen-bond acceptors (Lipinski definition) is 4.